The molecule has 0 heterocycles. The predicted octanol–water partition coefficient (Wildman–Crippen LogP) is 3.98. The van der Waals surface area contributed by atoms with Gasteiger partial charge in [0.15, 0.2) is 0 Å². The van der Waals surface area contributed by atoms with Gasteiger partial charge in [0.2, 0.25) is 0 Å². The number of rotatable bonds is 6. The van der Waals surface area contributed by atoms with Crippen LogP contribution in [0.15, 0.2) is 30.3 Å². The second-order valence-electron chi connectivity index (χ2n) is 3.93. The summed E-state index contributed by atoms with van der Waals surface area (Å²) in [6, 6.07) is 9.49. The summed E-state index contributed by atoms with van der Waals surface area (Å²) >= 11 is 2.07. The van der Waals surface area contributed by atoms with Crippen LogP contribution in [0.2, 0.25) is 0 Å². The molecule has 0 aliphatic heterocycles. The minimum Gasteiger partial charge on any atom is -0.480 e. The summed E-state index contributed by atoms with van der Waals surface area (Å²) in [5.74, 6) is -0.740. The molecule has 1 N–H and O–H groups in total. The zero-order valence-electron chi connectivity index (χ0n) is 9.45. The van der Waals surface area contributed by atoms with E-state index in [-0.39, 0.29) is 0 Å². The zero-order valence-corrected chi connectivity index (χ0v) is 11.6. The Morgan fingerprint density at radius 3 is 2.44 bits per heavy atom. The predicted molar refractivity (Wildman–Crippen MR) is 73.9 cm³/mol. The molecule has 0 radical (unpaired) electrons. The topological polar surface area (TPSA) is 37.3 Å². The number of hydrogen-bond donors (Lipinski definition) is 1. The van der Waals surface area contributed by atoms with Crippen LogP contribution in [0.4, 0.5) is 0 Å². The van der Waals surface area contributed by atoms with Crippen molar-refractivity contribution >= 4 is 28.6 Å². The number of carboxylic acid groups (broad SMARTS) is 1. The summed E-state index contributed by atoms with van der Waals surface area (Å²) in [5.41, 5.74) is 0.888. The molecule has 0 aliphatic rings. The van der Waals surface area contributed by atoms with E-state index in [1.807, 2.05) is 30.3 Å². The first-order valence-electron chi connectivity index (χ1n) is 5.59. The van der Waals surface area contributed by atoms with Gasteiger partial charge in [-0.1, -0.05) is 79.1 Å². The van der Waals surface area contributed by atoms with Crippen LogP contribution >= 0.6 is 22.6 Å². The number of aliphatic carboxylic acids is 1. The molecule has 0 bridgehead atoms. The van der Waals surface area contributed by atoms with E-state index in [0.717, 1.165) is 24.8 Å². The summed E-state index contributed by atoms with van der Waals surface area (Å²) in [6.07, 6.45) is 3.85. The number of unbranched alkanes of at least 4 members (excludes halogenated alkanes) is 2. The molecule has 88 valence electrons. The molecule has 2 nitrogen and oxygen atoms in total. The fourth-order valence-electron chi connectivity index (χ4n) is 1.70. The third-order valence-electron chi connectivity index (χ3n) is 2.70. The summed E-state index contributed by atoms with van der Waals surface area (Å²) < 4.78 is -0.770. The molecule has 0 aliphatic carbocycles. The monoisotopic (exact) mass is 332 g/mol. The molecule has 1 atom stereocenters. The second kappa shape index (κ2) is 6.23. The van der Waals surface area contributed by atoms with E-state index in [1.54, 1.807) is 0 Å². The van der Waals surface area contributed by atoms with Crippen molar-refractivity contribution < 1.29 is 9.90 Å². The van der Waals surface area contributed by atoms with Gasteiger partial charge in [-0.2, -0.15) is 0 Å². The van der Waals surface area contributed by atoms with Gasteiger partial charge < -0.3 is 5.11 Å². The minimum absolute atomic E-state index is 0.695. The Morgan fingerprint density at radius 1 is 1.31 bits per heavy atom. The van der Waals surface area contributed by atoms with E-state index in [0.29, 0.717) is 6.42 Å². The molecule has 16 heavy (non-hydrogen) atoms. The van der Waals surface area contributed by atoms with Crippen molar-refractivity contribution in [3.63, 3.8) is 0 Å². The molecule has 0 saturated carbocycles. The van der Waals surface area contributed by atoms with Crippen molar-refractivity contribution in [2.45, 2.75) is 36.0 Å². The molecule has 1 rings (SSSR count). The quantitative estimate of drug-likeness (QED) is 0.486. The van der Waals surface area contributed by atoms with E-state index >= 15 is 0 Å². The van der Waals surface area contributed by atoms with E-state index in [4.69, 9.17) is 0 Å². The Hall–Kier alpha value is -0.580. The molecule has 0 spiro atoms. The lowest BCUT2D eigenvalue weighted by Gasteiger charge is -2.23. The Bertz CT molecular complexity index is 337. The fourth-order valence-corrected chi connectivity index (χ4v) is 2.44. The molecule has 0 aromatic heterocycles. The Kier molecular flexibility index (Phi) is 5.25. The molecule has 0 fully saturated rings. The largest absolute Gasteiger partial charge is 0.480 e. The lowest BCUT2D eigenvalue weighted by molar-refractivity contribution is -0.139. The van der Waals surface area contributed by atoms with Crippen molar-refractivity contribution in [1.82, 2.24) is 0 Å². The molecule has 1 aromatic rings. The molecular formula is C13H17IO2. The molecular weight excluding hydrogens is 315 g/mol. The van der Waals surface area contributed by atoms with Gasteiger partial charge in [-0.25, -0.2) is 0 Å². The van der Waals surface area contributed by atoms with Gasteiger partial charge >= 0.3 is 5.97 Å². The van der Waals surface area contributed by atoms with Gasteiger partial charge in [0.25, 0.3) is 0 Å². The van der Waals surface area contributed by atoms with Crippen LogP contribution in [-0.2, 0) is 8.22 Å². The fraction of sp³-hybridized carbons (Fsp3) is 0.462. The molecule has 3 heteroatoms. The maximum Gasteiger partial charge on any atom is 0.324 e. The van der Waals surface area contributed by atoms with Gasteiger partial charge in [0.05, 0.1) is 0 Å². The van der Waals surface area contributed by atoms with Gasteiger partial charge in [-0.15, -0.1) is 0 Å². The smallest absolute Gasteiger partial charge is 0.324 e. The molecule has 1 aromatic carbocycles. The number of hydrogen-bond acceptors (Lipinski definition) is 1. The highest BCUT2D eigenvalue weighted by Crippen LogP contribution is 2.37. The highest BCUT2D eigenvalue weighted by atomic mass is 127. The lowest BCUT2D eigenvalue weighted by atomic mass is 9.93. The van der Waals surface area contributed by atoms with Crippen LogP contribution in [0.3, 0.4) is 0 Å². The van der Waals surface area contributed by atoms with Gasteiger partial charge in [-0.3, -0.25) is 4.79 Å². The van der Waals surface area contributed by atoms with Crippen molar-refractivity contribution in [3.8, 4) is 0 Å². The standard InChI is InChI=1S/C13H17IO2/c1-2-3-7-10-13(14,12(15)16)11-8-5-4-6-9-11/h4-6,8-9H,2-3,7,10H2,1H3,(H,15,16). The first-order chi connectivity index (χ1) is 7.61. The number of carbonyl (C=O) groups is 1. The Labute approximate surface area is 110 Å². The Balaban J connectivity index is 2.85. The SMILES string of the molecule is CCCCCC(I)(C(=O)O)c1ccccc1. The van der Waals surface area contributed by atoms with Crippen LogP contribution in [0, 0.1) is 0 Å². The summed E-state index contributed by atoms with van der Waals surface area (Å²) in [7, 11) is 0. The highest BCUT2D eigenvalue weighted by molar-refractivity contribution is 14.1. The summed E-state index contributed by atoms with van der Waals surface area (Å²) in [4.78, 5) is 11.4. The van der Waals surface area contributed by atoms with Crippen LogP contribution < -0.4 is 0 Å². The summed E-state index contributed by atoms with van der Waals surface area (Å²) in [6.45, 7) is 2.12. The van der Waals surface area contributed by atoms with Crippen LogP contribution in [-0.4, -0.2) is 11.1 Å². The molecule has 0 saturated heterocycles. The van der Waals surface area contributed by atoms with Crippen LogP contribution in [0.5, 0.6) is 0 Å². The first-order valence-corrected chi connectivity index (χ1v) is 6.67. The highest BCUT2D eigenvalue weighted by Gasteiger charge is 2.36. The van der Waals surface area contributed by atoms with E-state index in [1.165, 1.54) is 0 Å². The van der Waals surface area contributed by atoms with Crippen LogP contribution in [0.25, 0.3) is 0 Å². The minimum atomic E-state index is -0.770. The van der Waals surface area contributed by atoms with E-state index in [2.05, 4.69) is 29.5 Å². The average molecular weight is 332 g/mol. The number of halogens is 1. The molecule has 1 unspecified atom stereocenters. The molecule has 0 amide bonds. The van der Waals surface area contributed by atoms with Crippen LogP contribution in [0.1, 0.15) is 38.2 Å². The second-order valence-corrected chi connectivity index (χ2v) is 5.77. The van der Waals surface area contributed by atoms with Crippen molar-refractivity contribution in [2.75, 3.05) is 0 Å². The third-order valence-corrected chi connectivity index (χ3v) is 4.32. The zero-order chi connectivity index (χ0) is 12.0. The van der Waals surface area contributed by atoms with E-state index in [9.17, 15) is 9.90 Å². The maximum absolute atomic E-state index is 11.4. The number of carboxylic acids is 1. The number of benzene rings is 1. The van der Waals surface area contributed by atoms with E-state index < -0.39 is 9.39 Å². The van der Waals surface area contributed by atoms with Gasteiger partial charge in [0.1, 0.15) is 3.42 Å². The summed E-state index contributed by atoms with van der Waals surface area (Å²) in [5, 5.41) is 9.38. The van der Waals surface area contributed by atoms with Crippen molar-refractivity contribution in [2.24, 2.45) is 0 Å². The lowest BCUT2D eigenvalue weighted by Crippen LogP contribution is -2.28. The van der Waals surface area contributed by atoms with Crippen molar-refractivity contribution in [3.05, 3.63) is 35.9 Å². The Morgan fingerprint density at radius 2 is 1.94 bits per heavy atom. The van der Waals surface area contributed by atoms with Gasteiger partial charge in [0, 0.05) is 0 Å². The maximum atomic E-state index is 11.4. The number of alkyl halides is 1. The third kappa shape index (κ3) is 3.20. The average Bonchev–Trinajstić information content (AvgIpc) is 2.30. The van der Waals surface area contributed by atoms with Gasteiger partial charge in [-0.05, 0) is 12.0 Å². The normalized spacial score (nSPS) is 14.4. The van der Waals surface area contributed by atoms with Crippen molar-refractivity contribution in [1.29, 1.82) is 0 Å². The first kappa shape index (κ1) is 13.5.